The Morgan fingerprint density at radius 1 is 0.969 bits per heavy atom. The van der Waals surface area contributed by atoms with Crippen molar-refractivity contribution >= 4 is 17.7 Å². The minimum Gasteiger partial charge on any atom is -0.505 e. The molecule has 3 aromatic rings. The zero-order valence-electron chi connectivity index (χ0n) is 17.8. The fraction of sp³-hybridized carbons (Fsp3) is 0.208. The normalized spacial score (nSPS) is 11.6. The molecule has 0 radical (unpaired) electrons. The zero-order valence-corrected chi connectivity index (χ0v) is 17.8. The summed E-state index contributed by atoms with van der Waals surface area (Å²) in [5.41, 5.74) is 2.73. The third-order valence-corrected chi connectivity index (χ3v) is 5.02. The molecular formula is C24H25N3O5. The van der Waals surface area contributed by atoms with Crippen molar-refractivity contribution in [1.82, 2.24) is 9.88 Å². The molecular weight excluding hydrogens is 410 g/mol. The number of carbonyl (C=O) groups is 2. The van der Waals surface area contributed by atoms with E-state index in [0.29, 0.717) is 5.56 Å². The average Bonchev–Trinajstić information content (AvgIpc) is 2.74. The fourth-order valence-electron chi connectivity index (χ4n) is 3.23. The molecule has 1 heterocycles. The van der Waals surface area contributed by atoms with Gasteiger partial charge >= 0.3 is 12.0 Å². The molecule has 32 heavy (non-hydrogen) atoms. The Labute approximate surface area is 185 Å². The Morgan fingerprint density at radius 2 is 1.56 bits per heavy atom. The van der Waals surface area contributed by atoms with Gasteiger partial charge in [-0.05, 0) is 31.0 Å². The van der Waals surface area contributed by atoms with Crippen molar-refractivity contribution in [2.45, 2.75) is 32.9 Å². The van der Waals surface area contributed by atoms with Crippen LogP contribution < -0.4 is 16.2 Å². The topological polar surface area (TPSA) is 121 Å². The van der Waals surface area contributed by atoms with Gasteiger partial charge in [0.25, 0.3) is 5.56 Å². The van der Waals surface area contributed by atoms with Crippen LogP contribution in [0.4, 0.5) is 10.5 Å². The number of urea groups is 1. The lowest BCUT2D eigenvalue weighted by molar-refractivity contribution is -0.137. The number of rotatable bonds is 7. The lowest BCUT2D eigenvalue weighted by Gasteiger charge is -2.18. The van der Waals surface area contributed by atoms with Crippen LogP contribution in [-0.2, 0) is 11.3 Å². The number of amides is 2. The van der Waals surface area contributed by atoms with Gasteiger partial charge in [0.05, 0.1) is 19.0 Å². The van der Waals surface area contributed by atoms with Crippen LogP contribution in [0, 0.1) is 13.8 Å². The Kier molecular flexibility index (Phi) is 6.94. The zero-order chi connectivity index (χ0) is 23.3. The molecule has 2 aromatic carbocycles. The number of anilines is 1. The molecule has 8 nitrogen and oxygen atoms in total. The van der Waals surface area contributed by atoms with E-state index in [1.54, 1.807) is 12.1 Å². The predicted octanol–water partition coefficient (Wildman–Crippen LogP) is 3.56. The maximum Gasteiger partial charge on any atom is 0.319 e. The van der Waals surface area contributed by atoms with Crippen molar-refractivity contribution in [3.8, 4) is 5.75 Å². The molecule has 1 atom stereocenters. The van der Waals surface area contributed by atoms with Crippen LogP contribution in [0.5, 0.6) is 5.75 Å². The number of aromatic hydroxyl groups is 1. The van der Waals surface area contributed by atoms with Crippen LogP contribution in [0.2, 0.25) is 0 Å². The number of aliphatic carboxylic acids is 1. The van der Waals surface area contributed by atoms with Gasteiger partial charge in [-0.1, -0.05) is 59.7 Å². The number of hydrogen-bond acceptors (Lipinski definition) is 4. The summed E-state index contributed by atoms with van der Waals surface area (Å²) in [5, 5.41) is 24.3. The van der Waals surface area contributed by atoms with Gasteiger partial charge in [0, 0.05) is 6.20 Å². The van der Waals surface area contributed by atoms with Crippen LogP contribution in [0.1, 0.15) is 34.7 Å². The number of nitrogens with one attached hydrogen (secondary N) is 2. The average molecular weight is 435 g/mol. The molecule has 0 fully saturated rings. The lowest BCUT2D eigenvalue weighted by Crippen LogP contribution is -2.36. The molecule has 3 rings (SSSR count). The number of nitrogens with zero attached hydrogens (tertiary/aromatic N) is 1. The maximum absolute atomic E-state index is 12.8. The number of benzene rings is 2. The maximum atomic E-state index is 12.8. The highest BCUT2D eigenvalue weighted by atomic mass is 16.4. The van der Waals surface area contributed by atoms with Crippen molar-refractivity contribution in [2.24, 2.45) is 0 Å². The van der Waals surface area contributed by atoms with Crippen molar-refractivity contribution < 1.29 is 19.8 Å². The van der Waals surface area contributed by atoms with Gasteiger partial charge in [-0.3, -0.25) is 9.59 Å². The largest absolute Gasteiger partial charge is 0.505 e. The summed E-state index contributed by atoms with van der Waals surface area (Å²) in [6.07, 6.45) is 1.11. The molecule has 0 unspecified atom stereocenters. The molecule has 1 aromatic heterocycles. The summed E-state index contributed by atoms with van der Waals surface area (Å²) in [6, 6.07) is 14.5. The number of carbonyl (C=O) groups excluding carboxylic acids is 1. The van der Waals surface area contributed by atoms with Crippen LogP contribution in [0.3, 0.4) is 0 Å². The van der Waals surface area contributed by atoms with Crippen LogP contribution in [-0.4, -0.2) is 26.8 Å². The molecule has 0 spiro atoms. The van der Waals surface area contributed by atoms with E-state index in [4.69, 9.17) is 0 Å². The van der Waals surface area contributed by atoms with Gasteiger partial charge in [0.1, 0.15) is 5.75 Å². The second-order valence-electron chi connectivity index (χ2n) is 7.65. The van der Waals surface area contributed by atoms with E-state index in [1.165, 1.54) is 16.8 Å². The van der Waals surface area contributed by atoms with Crippen LogP contribution in [0.25, 0.3) is 0 Å². The second-order valence-corrected chi connectivity index (χ2v) is 7.65. The summed E-state index contributed by atoms with van der Waals surface area (Å²) in [5.74, 6) is -1.46. The Bertz CT molecular complexity index is 1170. The van der Waals surface area contributed by atoms with Gasteiger partial charge in [-0.15, -0.1) is 0 Å². The van der Waals surface area contributed by atoms with E-state index in [-0.39, 0.29) is 24.4 Å². The number of hydrogen-bond donors (Lipinski definition) is 4. The minimum atomic E-state index is -1.08. The van der Waals surface area contributed by atoms with Crippen molar-refractivity contribution in [3.05, 3.63) is 93.4 Å². The lowest BCUT2D eigenvalue weighted by atomic mass is 10.0. The Morgan fingerprint density at radius 3 is 2.16 bits per heavy atom. The number of carboxylic acids is 1. The number of aryl methyl sites for hydroxylation is 2. The molecule has 0 bridgehead atoms. The molecule has 166 valence electrons. The van der Waals surface area contributed by atoms with E-state index in [2.05, 4.69) is 10.6 Å². The first kappa shape index (κ1) is 22.6. The highest BCUT2D eigenvalue weighted by Crippen LogP contribution is 2.20. The van der Waals surface area contributed by atoms with E-state index < -0.39 is 23.6 Å². The Balaban J connectivity index is 1.79. The van der Waals surface area contributed by atoms with Gasteiger partial charge < -0.3 is 25.4 Å². The first-order chi connectivity index (χ1) is 15.2. The second kappa shape index (κ2) is 9.82. The molecule has 8 heteroatoms. The fourth-order valence-corrected chi connectivity index (χ4v) is 3.23. The highest BCUT2D eigenvalue weighted by molar-refractivity contribution is 5.91. The summed E-state index contributed by atoms with van der Waals surface area (Å²) in [4.78, 5) is 36.7. The van der Waals surface area contributed by atoms with E-state index >= 15 is 0 Å². The first-order valence-electron chi connectivity index (χ1n) is 10.1. The number of aromatic nitrogens is 1. The number of carboxylic acid groups (broad SMARTS) is 1. The molecule has 0 aliphatic heterocycles. The molecule has 0 saturated carbocycles. The van der Waals surface area contributed by atoms with Gasteiger partial charge in [-0.25, -0.2) is 4.79 Å². The minimum absolute atomic E-state index is 0.265. The van der Waals surface area contributed by atoms with E-state index in [9.17, 15) is 24.6 Å². The predicted molar refractivity (Wildman–Crippen MR) is 121 cm³/mol. The smallest absolute Gasteiger partial charge is 0.319 e. The summed E-state index contributed by atoms with van der Waals surface area (Å²) in [6.45, 7) is 4.13. The molecule has 0 aliphatic rings. The van der Waals surface area contributed by atoms with Crippen LogP contribution in [0.15, 0.2) is 65.6 Å². The van der Waals surface area contributed by atoms with Crippen LogP contribution >= 0.6 is 0 Å². The van der Waals surface area contributed by atoms with E-state index in [0.717, 1.165) is 16.7 Å². The molecule has 4 N–H and O–H groups in total. The first-order valence-corrected chi connectivity index (χ1v) is 10.1. The Hall–Kier alpha value is -4.07. The molecule has 2 amide bonds. The van der Waals surface area contributed by atoms with Gasteiger partial charge in [0.2, 0.25) is 0 Å². The summed E-state index contributed by atoms with van der Waals surface area (Å²) < 4.78 is 1.37. The number of pyridine rings is 1. The summed E-state index contributed by atoms with van der Waals surface area (Å²) in [7, 11) is 0. The quantitative estimate of drug-likeness (QED) is 0.452. The van der Waals surface area contributed by atoms with Gasteiger partial charge in [0.15, 0.2) is 5.69 Å². The third-order valence-electron chi connectivity index (χ3n) is 5.02. The van der Waals surface area contributed by atoms with Crippen molar-refractivity contribution in [1.29, 1.82) is 0 Å². The molecule has 0 aliphatic carbocycles. The van der Waals surface area contributed by atoms with Gasteiger partial charge in [-0.2, -0.15) is 0 Å². The highest BCUT2D eigenvalue weighted by Gasteiger charge is 2.20. The van der Waals surface area contributed by atoms with Crippen molar-refractivity contribution in [3.63, 3.8) is 0 Å². The SMILES string of the molecule is Cc1ccc(Cn2ccc(O)c(NC(=O)N[C@@H](CC(=O)O)c3ccc(C)cc3)c2=O)cc1. The van der Waals surface area contributed by atoms with Crippen molar-refractivity contribution in [2.75, 3.05) is 5.32 Å². The monoisotopic (exact) mass is 435 g/mol. The molecule has 0 saturated heterocycles. The standard InChI is InChI=1S/C24H25N3O5/c1-15-3-7-17(8-4-15)14-27-12-11-20(28)22(23(27)31)26-24(32)25-19(13-21(29)30)18-9-5-16(2)6-10-18/h3-12,19,28H,13-14H2,1-2H3,(H,29,30)(H2,25,26,32)/t19-/m0/s1. The van der Waals surface area contributed by atoms with E-state index in [1.807, 2.05) is 50.2 Å². The summed E-state index contributed by atoms with van der Waals surface area (Å²) >= 11 is 0. The third kappa shape index (κ3) is 5.75.